The third-order valence-electron chi connectivity index (χ3n) is 2.97. The van der Waals surface area contributed by atoms with Gasteiger partial charge in [0.1, 0.15) is 5.82 Å². The van der Waals surface area contributed by atoms with Crippen molar-refractivity contribution in [1.82, 2.24) is 9.36 Å². The van der Waals surface area contributed by atoms with E-state index in [2.05, 4.69) is 35.0 Å². The van der Waals surface area contributed by atoms with Crippen molar-refractivity contribution in [2.45, 2.75) is 38.6 Å². The molecule has 0 bridgehead atoms. The van der Waals surface area contributed by atoms with Crippen LogP contribution in [0.25, 0.3) is 0 Å². The monoisotopic (exact) mass is 301 g/mol. The van der Waals surface area contributed by atoms with Crippen LogP contribution in [0.2, 0.25) is 0 Å². The van der Waals surface area contributed by atoms with Crippen molar-refractivity contribution in [3.63, 3.8) is 0 Å². The van der Waals surface area contributed by atoms with E-state index in [4.69, 9.17) is 5.11 Å². The molecule has 19 heavy (non-hydrogen) atoms. The van der Waals surface area contributed by atoms with Gasteiger partial charge in [0, 0.05) is 35.0 Å². The summed E-state index contributed by atoms with van der Waals surface area (Å²) in [5.74, 6) is 1.94. The summed E-state index contributed by atoms with van der Waals surface area (Å²) in [6.07, 6.45) is 0.164. The molecule has 1 aromatic heterocycles. The molecule has 106 valence electrons. The fourth-order valence-electron chi connectivity index (χ4n) is 1.91. The van der Waals surface area contributed by atoms with Gasteiger partial charge >= 0.3 is 5.97 Å². The number of thioether (sulfide) groups is 1. The summed E-state index contributed by atoms with van der Waals surface area (Å²) in [7, 11) is 0. The minimum Gasteiger partial charge on any atom is -0.481 e. The van der Waals surface area contributed by atoms with Crippen LogP contribution in [0.1, 0.15) is 33.0 Å². The third kappa shape index (κ3) is 3.60. The van der Waals surface area contributed by atoms with E-state index < -0.39 is 5.97 Å². The lowest BCUT2D eigenvalue weighted by molar-refractivity contribution is -0.137. The Balaban J connectivity index is 2.18. The zero-order chi connectivity index (χ0) is 14.0. The molecule has 1 aromatic rings. The second-order valence-electron chi connectivity index (χ2n) is 5.67. The molecular weight excluding hydrogens is 282 g/mol. The average Bonchev–Trinajstić information content (AvgIpc) is 2.77. The summed E-state index contributed by atoms with van der Waals surface area (Å²) in [5, 5.41) is 9.85. The van der Waals surface area contributed by atoms with Crippen LogP contribution in [0.4, 0.5) is 5.13 Å². The number of hydrogen-bond donors (Lipinski definition) is 1. The Morgan fingerprint density at radius 3 is 2.84 bits per heavy atom. The topological polar surface area (TPSA) is 66.3 Å². The van der Waals surface area contributed by atoms with Crippen LogP contribution < -0.4 is 4.90 Å². The molecule has 1 aliphatic rings. The average molecular weight is 301 g/mol. The maximum absolute atomic E-state index is 10.9. The van der Waals surface area contributed by atoms with Crippen LogP contribution in [0, 0.1) is 0 Å². The van der Waals surface area contributed by atoms with Gasteiger partial charge in [-0.3, -0.25) is 4.79 Å². The molecule has 1 unspecified atom stereocenters. The van der Waals surface area contributed by atoms with Crippen LogP contribution in [0.15, 0.2) is 0 Å². The van der Waals surface area contributed by atoms with E-state index >= 15 is 0 Å². The molecule has 1 N–H and O–H groups in total. The van der Waals surface area contributed by atoms with Gasteiger partial charge in [-0.1, -0.05) is 20.8 Å². The zero-order valence-electron chi connectivity index (χ0n) is 11.4. The lowest BCUT2D eigenvalue weighted by atomic mass is 9.96. The Morgan fingerprint density at radius 2 is 2.26 bits per heavy atom. The van der Waals surface area contributed by atoms with E-state index in [0.717, 1.165) is 29.0 Å². The van der Waals surface area contributed by atoms with Gasteiger partial charge in [-0.15, -0.1) is 0 Å². The largest absolute Gasteiger partial charge is 0.481 e. The normalized spacial score (nSPS) is 20.6. The summed E-state index contributed by atoms with van der Waals surface area (Å²) in [6.45, 7) is 7.10. The van der Waals surface area contributed by atoms with E-state index in [-0.39, 0.29) is 17.9 Å². The number of hydrogen-bond acceptors (Lipinski definition) is 6. The number of nitrogens with zero attached hydrogens (tertiary/aromatic N) is 3. The van der Waals surface area contributed by atoms with Gasteiger partial charge in [0.2, 0.25) is 5.13 Å². The van der Waals surface area contributed by atoms with Gasteiger partial charge in [0.15, 0.2) is 0 Å². The maximum atomic E-state index is 10.9. The first kappa shape index (κ1) is 14.6. The molecule has 1 fully saturated rings. The molecule has 1 atom stereocenters. The van der Waals surface area contributed by atoms with Gasteiger partial charge < -0.3 is 10.0 Å². The quantitative estimate of drug-likeness (QED) is 0.923. The summed E-state index contributed by atoms with van der Waals surface area (Å²) in [4.78, 5) is 17.6. The number of aliphatic carboxylic acids is 1. The lowest BCUT2D eigenvalue weighted by Gasteiger charge is -2.34. The van der Waals surface area contributed by atoms with Gasteiger partial charge in [-0.2, -0.15) is 16.1 Å². The number of carboxylic acid groups (broad SMARTS) is 1. The fourth-order valence-corrected chi connectivity index (χ4v) is 3.93. The molecule has 0 aliphatic carbocycles. The van der Waals surface area contributed by atoms with Crippen molar-refractivity contribution in [2.75, 3.05) is 23.0 Å². The molecule has 2 rings (SSSR count). The van der Waals surface area contributed by atoms with Crippen molar-refractivity contribution in [1.29, 1.82) is 0 Å². The first-order valence-corrected chi connectivity index (χ1v) is 8.21. The zero-order valence-corrected chi connectivity index (χ0v) is 13.1. The number of carbonyl (C=O) groups is 1. The second kappa shape index (κ2) is 5.66. The highest BCUT2D eigenvalue weighted by atomic mass is 32.2. The smallest absolute Gasteiger partial charge is 0.305 e. The van der Waals surface area contributed by atoms with Gasteiger partial charge in [-0.05, 0) is 0 Å². The Morgan fingerprint density at radius 1 is 1.53 bits per heavy atom. The number of anilines is 1. The summed E-state index contributed by atoms with van der Waals surface area (Å²) >= 11 is 3.18. The fraction of sp³-hybridized carbons (Fsp3) is 0.750. The predicted molar refractivity (Wildman–Crippen MR) is 79.3 cm³/mol. The van der Waals surface area contributed by atoms with Crippen molar-refractivity contribution >= 4 is 34.4 Å². The van der Waals surface area contributed by atoms with E-state index in [9.17, 15) is 4.79 Å². The minimum absolute atomic E-state index is 0.0250. The third-order valence-corrected chi connectivity index (χ3v) is 4.81. The van der Waals surface area contributed by atoms with E-state index in [1.807, 2.05) is 11.8 Å². The molecule has 0 radical (unpaired) electrons. The summed E-state index contributed by atoms with van der Waals surface area (Å²) in [6, 6.07) is 0.0250. The SMILES string of the molecule is CC(C)(C)c1nsc(N2CCSCC2CC(=O)O)n1. The highest BCUT2D eigenvalue weighted by molar-refractivity contribution is 7.99. The Kier molecular flexibility index (Phi) is 4.35. The Bertz CT molecular complexity index is 456. The van der Waals surface area contributed by atoms with E-state index in [0.29, 0.717) is 0 Å². The van der Waals surface area contributed by atoms with E-state index in [1.165, 1.54) is 11.5 Å². The lowest BCUT2D eigenvalue weighted by Crippen LogP contribution is -2.43. The second-order valence-corrected chi connectivity index (χ2v) is 7.55. The van der Waals surface area contributed by atoms with Crippen molar-refractivity contribution in [3.8, 4) is 0 Å². The van der Waals surface area contributed by atoms with Crippen LogP contribution >= 0.6 is 23.3 Å². The van der Waals surface area contributed by atoms with Gasteiger partial charge in [0.05, 0.1) is 12.5 Å². The van der Waals surface area contributed by atoms with E-state index in [1.54, 1.807) is 0 Å². The molecule has 0 spiro atoms. The molecule has 5 nitrogen and oxygen atoms in total. The summed E-state index contributed by atoms with van der Waals surface area (Å²) < 4.78 is 4.41. The summed E-state index contributed by atoms with van der Waals surface area (Å²) in [5.41, 5.74) is -0.0679. The first-order chi connectivity index (χ1) is 8.88. The molecule has 0 saturated carbocycles. The standard InChI is InChI=1S/C12H19N3O2S2/c1-12(2,3)10-13-11(19-14-10)15-4-5-18-7-8(15)6-9(16)17/h8H,4-7H2,1-3H3,(H,16,17). The number of carboxylic acids is 1. The van der Waals surface area contributed by atoms with Crippen LogP contribution in [-0.2, 0) is 10.2 Å². The van der Waals surface area contributed by atoms with Gasteiger partial charge in [-0.25, -0.2) is 4.98 Å². The van der Waals surface area contributed by atoms with Crippen molar-refractivity contribution < 1.29 is 9.90 Å². The molecule has 7 heteroatoms. The van der Waals surface area contributed by atoms with Crippen molar-refractivity contribution in [2.24, 2.45) is 0 Å². The predicted octanol–water partition coefficient (Wildman–Crippen LogP) is 2.23. The number of rotatable bonds is 3. The van der Waals surface area contributed by atoms with Crippen molar-refractivity contribution in [3.05, 3.63) is 5.82 Å². The molecule has 0 aromatic carbocycles. The number of aromatic nitrogens is 2. The molecule has 2 heterocycles. The Hall–Kier alpha value is -0.820. The van der Waals surface area contributed by atoms with Crippen LogP contribution in [0.5, 0.6) is 0 Å². The first-order valence-electron chi connectivity index (χ1n) is 6.28. The molecule has 1 saturated heterocycles. The van der Waals surface area contributed by atoms with Crippen LogP contribution in [-0.4, -0.2) is 44.5 Å². The highest BCUT2D eigenvalue weighted by Crippen LogP contribution is 2.30. The molecular formula is C12H19N3O2S2. The molecule has 1 aliphatic heterocycles. The van der Waals surface area contributed by atoms with Gasteiger partial charge in [0.25, 0.3) is 0 Å². The molecule has 0 amide bonds. The minimum atomic E-state index is -0.752. The van der Waals surface area contributed by atoms with Crippen LogP contribution in [0.3, 0.4) is 0 Å². The Labute approximate surface area is 121 Å². The highest BCUT2D eigenvalue weighted by Gasteiger charge is 2.29. The maximum Gasteiger partial charge on any atom is 0.305 e.